The first-order valence-electron chi connectivity index (χ1n) is 5.59. The van der Waals surface area contributed by atoms with E-state index < -0.39 is 0 Å². The molecule has 0 amide bonds. The second-order valence-electron chi connectivity index (χ2n) is 3.84. The van der Waals surface area contributed by atoms with Gasteiger partial charge in [0.15, 0.2) is 5.82 Å². The minimum atomic E-state index is -0.332. The molecule has 2 aromatic rings. The Morgan fingerprint density at radius 3 is 2.79 bits per heavy atom. The Kier molecular flexibility index (Phi) is 5.06. The lowest BCUT2D eigenvalue weighted by Gasteiger charge is -2.09. The molecule has 0 radical (unpaired) electrons. The quantitative estimate of drug-likeness (QED) is 0.732. The second kappa shape index (κ2) is 6.58. The molecule has 0 aliphatic rings. The van der Waals surface area contributed by atoms with Crippen LogP contribution in [0.25, 0.3) is 11.4 Å². The Bertz CT molecular complexity index is 574. The van der Waals surface area contributed by atoms with Gasteiger partial charge in [-0.1, -0.05) is 31.9 Å². The molecule has 2 rings (SSSR count). The number of nitrogens with zero attached hydrogens (tertiary/aromatic N) is 3. The van der Waals surface area contributed by atoms with Gasteiger partial charge in [0.05, 0.1) is 17.5 Å². The first-order valence-corrected chi connectivity index (χ1v) is 7.51. The molecule has 0 atom stereocenters. The summed E-state index contributed by atoms with van der Waals surface area (Å²) in [6.07, 6.45) is 0. The molecule has 1 aromatic heterocycles. The zero-order chi connectivity index (χ0) is 13.8. The summed E-state index contributed by atoms with van der Waals surface area (Å²) in [5.74, 6) is 0.924. The van der Waals surface area contributed by atoms with Crippen LogP contribution in [0.2, 0.25) is 0 Å². The molecule has 102 valence electrons. The summed E-state index contributed by atoms with van der Waals surface area (Å²) >= 11 is 6.59. The van der Waals surface area contributed by atoms with Crippen LogP contribution in [0.5, 0.6) is 0 Å². The second-order valence-corrected chi connectivity index (χ2v) is 5.32. The smallest absolute Gasteiger partial charge is 0.167 e. The van der Waals surface area contributed by atoms with Crippen LogP contribution in [0.4, 0.5) is 4.39 Å². The lowest BCUT2D eigenvalue weighted by molar-refractivity contribution is 0.187. The first-order chi connectivity index (χ1) is 9.17. The molecule has 0 bridgehead atoms. The fourth-order valence-electron chi connectivity index (χ4n) is 1.72. The number of ether oxygens (including phenoxy) is 1. The first kappa shape index (κ1) is 14.6. The van der Waals surface area contributed by atoms with Crippen molar-refractivity contribution < 1.29 is 9.13 Å². The van der Waals surface area contributed by atoms with Gasteiger partial charge in [-0.2, -0.15) is 0 Å². The van der Waals surface area contributed by atoms with Crippen LogP contribution in [-0.4, -0.2) is 28.5 Å². The summed E-state index contributed by atoms with van der Waals surface area (Å²) in [7, 11) is 1.62. The van der Waals surface area contributed by atoms with Crippen molar-refractivity contribution >= 4 is 31.9 Å². The fourth-order valence-corrected chi connectivity index (χ4v) is 2.47. The van der Waals surface area contributed by atoms with Gasteiger partial charge in [0, 0.05) is 18.1 Å². The van der Waals surface area contributed by atoms with Crippen molar-refractivity contribution in [2.24, 2.45) is 0 Å². The van der Waals surface area contributed by atoms with Gasteiger partial charge in [0.2, 0.25) is 0 Å². The van der Waals surface area contributed by atoms with E-state index in [0.29, 0.717) is 34.3 Å². The van der Waals surface area contributed by atoms with E-state index in [1.54, 1.807) is 19.2 Å². The Hall–Kier alpha value is -0.790. The van der Waals surface area contributed by atoms with E-state index in [9.17, 15) is 4.39 Å². The van der Waals surface area contributed by atoms with Crippen LogP contribution in [0, 0.1) is 5.82 Å². The molecule has 0 fully saturated rings. The maximum atomic E-state index is 14.0. The number of hydrogen-bond donors (Lipinski definition) is 0. The van der Waals surface area contributed by atoms with Gasteiger partial charge in [0.25, 0.3) is 0 Å². The molecule has 1 heterocycles. The van der Waals surface area contributed by atoms with Crippen molar-refractivity contribution in [2.75, 3.05) is 13.7 Å². The molecule has 0 N–H and O–H groups in total. The summed E-state index contributed by atoms with van der Waals surface area (Å²) in [6.45, 7) is 1.10. The van der Waals surface area contributed by atoms with Gasteiger partial charge in [-0.15, -0.1) is 10.2 Å². The average molecular weight is 393 g/mol. The Morgan fingerprint density at radius 2 is 2.16 bits per heavy atom. The highest BCUT2D eigenvalue weighted by Gasteiger charge is 2.16. The third-order valence-corrected chi connectivity index (χ3v) is 3.63. The van der Waals surface area contributed by atoms with Crippen molar-refractivity contribution in [2.45, 2.75) is 11.9 Å². The summed E-state index contributed by atoms with van der Waals surface area (Å²) in [5, 5.41) is 8.69. The van der Waals surface area contributed by atoms with Gasteiger partial charge in [-0.3, -0.25) is 0 Å². The third-order valence-electron chi connectivity index (χ3n) is 2.64. The van der Waals surface area contributed by atoms with Crippen molar-refractivity contribution in [1.82, 2.24) is 14.8 Å². The van der Waals surface area contributed by atoms with Crippen LogP contribution >= 0.6 is 31.9 Å². The molecule has 0 unspecified atom stereocenters. The van der Waals surface area contributed by atoms with Gasteiger partial charge in [-0.05, 0) is 18.2 Å². The molecular formula is C12H12Br2FN3O. The van der Waals surface area contributed by atoms with E-state index in [1.807, 2.05) is 4.57 Å². The minimum absolute atomic E-state index is 0.332. The lowest BCUT2D eigenvalue weighted by atomic mass is 10.2. The number of alkyl halides is 1. The van der Waals surface area contributed by atoms with Gasteiger partial charge in [0.1, 0.15) is 11.6 Å². The summed E-state index contributed by atoms with van der Waals surface area (Å²) in [5.41, 5.74) is 0.430. The van der Waals surface area contributed by atoms with Crippen molar-refractivity contribution in [3.05, 3.63) is 34.3 Å². The summed E-state index contributed by atoms with van der Waals surface area (Å²) in [6, 6.07) is 4.88. The highest BCUT2D eigenvalue weighted by molar-refractivity contribution is 9.10. The largest absolute Gasteiger partial charge is 0.383 e. The highest BCUT2D eigenvalue weighted by Crippen LogP contribution is 2.25. The van der Waals surface area contributed by atoms with Crippen LogP contribution in [0.15, 0.2) is 22.7 Å². The fraction of sp³-hybridized carbons (Fsp3) is 0.333. The lowest BCUT2D eigenvalue weighted by Crippen LogP contribution is -2.09. The van der Waals surface area contributed by atoms with Crippen LogP contribution in [0.1, 0.15) is 5.82 Å². The molecular weight excluding hydrogens is 381 g/mol. The molecule has 4 nitrogen and oxygen atoms in total. The van der Waals surface area contributed by atoms with E-state index in [-0.39, 0.29) is 5.82 Å². The van der Waals surface area contributed by atoms with Gasteiger partial charge in [-0.25, -0.2) is 4.39 Å². The maximum Gasteiger partial charge on any atom is 0.167 e. The Balaban J connectivity index is 2.46. The number of benzene rings is 1. The molecule has 0 spiro atoms. The zero-order valence-corrected chi connectivity index (χ0v) is 13.4. The van der Waals surface area contributed by atoms with E-state index in [2.05, 4.69) is 42.1 Å². The highest BCUT2D eigenvalue weighted by atomic mass is 79.9. The molecule has 0 saturated carbocycles. The van der Waals surface area contributed by atoms with Crippen molar-refractivity contribution in [1.29, 1.82) is 0 Å². The van der Waals surface area contributed by atoms with E-state index >= 15 is 0 Å². The normalized spacial score (nSPS) is 10.9. The minimum Gasteiger partial charge on any atom is -0.383 e. The number of methoxy groups -OCH3 is 1. The van der Waals surface area contributed by atoms with Crippen LogP contribution < -0.4 is 0 Å². The maximum absolute atomic E-state index is 14.0. The molecule has 0 saturated heterocycles. The zero-order valence-electron chi connectivity index (χ0n) is 10.2. The predicted octanol–water partition coefficient (Wildman–Crippen LogP) is 3.39. The topological polar surface area (TPSA) is 39.9 Å². The van der Waals surface area contributed by atoms with Crippen LogP contribution in [0.3, 0.4) is 0 Å². The number of aromatic nitrogens is 3. The standard InChI is InChI=1S/C12H12Br2FN3O/c1-19-5-4-18-11(7-13)16-17-12(18)9-3-2-8(14)6-10(9)15/h2-3,6H,4-5,7H2,1H3. The summed E-state index contributed by atoms with van der Waals surface area (Å²) in [4.78, 5) is 0. The number of halogens is 3. The monoisotopic (exact) mass is 391 g/mol. The average Bonchev–Trinajstić information content (AvgIpc) is 2.79. The SMILES string of the molecule is COCCn1c(CBr)nnc1-c1ccc(Br)cc1F. The summed E-state index contributed by atoms with van der Waals surface area (Å²) < 4.78 is 21.6. The number of rotatable bonds is 5. The molecule has 0 aliphatic heterocycles. The molecule has 1 aromatic carbocycles. The number of hydrogen-bond acceptors (Lipinski definition) is 3. The van der Waals surface area contributed by atoms with Crippen LogP contribution in [-0.2, 0) is 16.6 Å². The molecule has 19 heavy (non-hydrogen) atoms. The van der Waals surface area contributed by atoms with Gasteiger partial charge < -0.3 is 9.30 Å². The van der Waals surface area contributed by atoms with E-state index in [1.165, 1.54) is 6.07 Å². The Labute approximate surface area is 127 Å². The third kappa shape index (κ3) is 3.21. The molecule has 7 heteroatoms. The van der Waals surface area contributed by atoms with E-state index in [0.717, 1.165) is 5.82 Å². The van der Waals surface area contributed by atoms with Gasteiger partial charge >= 0.3 is 0 Å². The molecule has 0 aliphatic carbocycles. The van der Waals surface area contributed by atoms with Crippen molar-refractivity contribution in [3.63, 3.8) is 0 Å². The van der Waals surface area contributed by atoms with E-state index in [4.69, 9.17) is 4.74 Å². The predicted molar refractivity (Wildman–Crippen MR) is 77.6 cm³/mol. The Morgan fingerprint density at radius 1 is 1.37 bits per heavy atom. The van der Waals surface area contributed by atoms with Crippen molar-refractivity contribution in [3.8, 4) is 11.4 Å².